The van der Waals surface area contributed by atoms with Crippen molar-refractivity contribution in [3.63, 3.8) is 0 Å². The first-order valence-corrected chi connectivity index (χ1v) is 4.72. The highest BCUT2D eigenvalue weighted by Gasteiger charge is 2.23. The summed E-state index contributed by atoms with van der Waals surface area (Å²) >= 11 is 0. The Labute approximate surface area is 84.7 Å². The molecular weight excluding hydrogens is 182 g/mol. The smallest absolute Gasteiger partial charge is 0.320 e. The molecule has 0 spiro atoms. The number of nitrogens with one attached hydrogen (secondary N) is 1. The van der Waals surface area contributed by atoms with Gasteiger partial charge in [-0.3, -0.25) is 9.59 Å². The second-order valence-corrected chi connectivity index (χ2v) is 4.39. The number of aliphatic carboxylic acids is 1. The Morgan fingerprint density at radius 3 is 2.14 bits per heavy atom. The number of hydrogen-bond donors (Lipinski definition) is 2. The third kappa shape index (κ3) is 4.37. The van der Waals surface area contributed by atoms with E-state index in [-0.39, 0.29) is 11.2 Å². The van der Waals surface area contributed by atoms with Crippen LogP contribution in [0.1, 0.15) is 33.6 Å². The number of ketones is 1. The largest absolute Gasteiger partial charge is 0.480 e. The van der Waals surface area contributed by atoms with Gasteiger partial charge >= 0.3 is 5.97 Å². The Kier molecular flexibility index (Phi) is 4.77. The van der Waals surface area contributed by atoms with Gasteiger partial charge in [0.25, 0.3) is 0 Å². The van der Waals surface area contributed by atoms with Crippen molar-refractivity contribution in [3.05, 3.63) is 0 Å². The Hall–Kier alpha value is -0.900. The van der Waals surface area contributed by atoms with Gasteiger partial charge < -0.3 is 10.4 Å². The second kappa shape index (κ2) is 5.10. The summed E-state index contributed by atoms with van der Waals surface area (Å²) in [6, 6.07) is -0.624. The van der Waals surface area contributed by atoms with Gasteiger partial charge in [0.1, 0.15) is 11.8 Å². The van der Waals surface area contributed by atoms with Crippen molar-refractivity contribution in [1.82, 2.24) is 5.32 Å². The minimum Gasteiger partial charge on any atom is -0.480 e. The summed E-state index contributed by atoms with van der Waals surface area (Å²) in [5.41, 5.74) is -0.378. The quantitative estimate of drug-likeness (QED) is 0.698. The second-order valence-electron chi connectivity index (χ2n) is 4.39. The number of Topliss-reactive ketones (excluding diaryl/α,β-unsaturated/α-hetero) is 1. The van der Waals surface area contributed by atoms with Crippen molar-refractivity contribution in [2.24, 2.45) is 5.41 Å². The first-order valence-electron chi connectivity index (χ1n) is 4.72. The molecule has 0 bridgehead atoms. The van der Waals surface area contributed by atoms with Gasteiger partial charge in [-0.1, -0.05) is 20.8 Å². The minimum atomic E-state index is -0.908. The lowest BCUT2D eigenvalue weighted by Crippen LogP contribution is -2.35. The molecule has 14 heavy (non-hydrogen) atoms. The minimum absolute atomic E-state index is 0.0963. The van der Waals surface area contributed by atoms with Crippen molar-refractivity contribution in [1.29, 1.82) is 0 Å². The Bertz CT molecular complexity index is 218. The zero-order chi connectivity index (χ0) is 11.4. The highest BCUT2D eigenvalue weighted by molar-refractivity contribution is 5.84. The van der Waals surface area contributed by atoms with Gasteiger partial charge in [0.2, 0.25) is 0 Å². The number of likely N-dealkylation sites (N-methyl/N-ethyl adjacent to an activating group) is 1. The van der Waals surface area contributed by atoms with Crippen LogP contribution in [0, 0.1) is 5.41 Å². The summed E-state index contributed by atoms with van der Waals surface area (Å²) in [7, 11) is 1.58. The van der Waals surface area contributed by atoms with E-state index in [1.54, 1.807) is 7.05 Å². The molecule has 82 valence electrons. The predicted octanol–water partition coefficient (Wildman–Crippen LogP) is 1.05. The number of carboxylic acids is 1. The van der Waals surface area contributed by atoms with Crippen molar-refractivity contribution in [3.8, 4) is 0 Å². The summed E-state index contributed by atoms with van der Waals surface area (Å²) in [5.74, 6) is -0.812. The van der Waals surface area contributed by atoms with Crippen LogP contribution < -0.4 is 5.32 Å². The first-order chi connectivity index (χ1) is 6.29. The van der Waals surface area contributed by atoms with E-state index in [1.165, 1.54) is 0 Å². The number of carbonyl (C=O) groups is 2. The van der Waals surface area contributed by atoms with E-state index in [1.807, 2.05) is 20.8 Å². The Morgan fingerprint density at radius 1 is 1.36 bits per heavy atom. The van der Waals surface area contributed by atoms with E-state index >= 15 is 0 Å². The predicted molar refractivity (Wildman–Crippen MR) is 54.2 cm³/mol. The fourth-order valence-corrected chi connectivity index (χ4v) is 1.04. The highest BCUT2D eigenvalue weighted by Crippen LogP contribution is 2.18. The molecule has 0 aliphatic rings. The molecule has 0 rings (SSSR count). The molecule has 1 unspecified atom stereocenters. The van der Waals surface area contributed by atoms with E-state index in [2.05, 4.69) is 5.32 Å². The molecule has 0 saturated heterocycles. The molecule has 0 radical (unpaired) electrons. The maximum absolute atomic E-state index is 11.5. The number of carbonyl (C=O) groups excluding carboxylic acids is 1. The van der Waals surface area contributed by atoms with Gasteiger partial charge in [-0.2, -0.15) is 0 Å². The molecule has 0 fully saturated rings. The lowest BCUT2D eigenvalue weighted by Gasteiger charge is -2.18. The Balaban J connectivity index is 4.05. The molecular formula is C10H19NO3. The fourth-order valence-electron chi connectivity index (χ4n) is 1.04. The van der Waals surface area contributed by atoms with Gasteiger partial charge in [-0.05, 0) is 13.5 Å². The lowest BCUT2D eigenvalue weighted by molar-refractivity contribution is -0.139. The van der Waals surface area contributed by atoms with Crippen LogP contribution in [-0.4, -0.2) is 29.9 Å². The van der Waals surface area contributed by atoms with Crippen molar-refractivity contribution in [2.75, 3.05) is 7.05 Å². The topological polar surface area (TPSA) is 66.4 Å². The maximum Gasteiger partial charge on any atom is 0.320 e. The maximum atomic E-state index is 11.5. The summed E-state index contributed by atoms with van der Waals surface area (Å²) in [6.45, 7) is 5.51. The fraction of sp³-hybridized carbons (Fsp3) is 0.800. The molecule has 0 heterocycles. The van der Waals surface area contributed by atoms with E-state index in [0.29, 0.717) is 12.8 Å². The number of rotatable bonds is 5. The molecule has 2 N–H and O–H groups in total. The Morgan fingerprint density at radius 2 is 1.86 bits per heavy atom. The van der Waals surface area contributed by atoms with Gasteiger partial charge in [-0.15, -0.1) is 0 Å². The molecule has 4 heteroatoms. The van der Waals surface area contributed by atoms with Gasteiger partial charge in [0, 0.05) is 11.8 Å². The summed E-state index contributed by atoms with van der Waals surface area (Å²) in [6.07, 6.45) is 0.656. The van der Waals surface area contributed by atoms with Crippen molar-refractivity contribution < 1.29 is 14.7 Å². The molecule has 1 atom stereocenters. The standard InChI is InChI=1S/C10H19NO3/c1-10(2,3)8(12)6-5-7(11-4)9(13)14/h7,11H,5-6H2,1-4H3,(H,13,14). The summed E-state index contributed by atoms with van der Waals surface area (Å²) in [5, 5.41) is 11.4. The molecule has 4 nitrogen and oxygen atoms in total. The zero-order valence-corrected chi connectivity index (χ0v) is 9.26. The molecule has 0 aliphatic heterocycles. The molecule has 0 aliphatic carbocycles. The zero-order valence-electron chi connectivity index (χ0n) is 9.26. The van der Waals surface area contributed by atoms with Crippen LogP contribution >= 0.6 is 0 Å². The third-order valence-electron chi connectivity index (χ3n) is 2.14. The van der Waals surface area contributed by atoms with Gasteiger partial charge in [0.15, 0.2) is 0 Å². The monoisotopic (exact) mass is 201 g/mol. The van der Waals surface area contributed by atoms with Gasteiger partial charge in [0.05, 0.1) is 0 Å². The van der Waals surface area contributed by atoms with Crippen LogP contribution in [0.2, 0.25) is 0 Å². The van der Waals surface area contributed by atoms with Crippen LogP contribution in [0.4, 0.5) is 0 Å². The highest BCUT2D eigenvalue weighted by atomic mass is 16.4. The van der Waals surface area contributed by atoms with Crippen LogP contribution in [0.5, 0.6) is 0 Å². The van der Waals surface area contributed by atoms with Crippen LogP contribution in [-0.2, 0) is 9.59 Å². The van der Waals surface area contributed by atoms with E-state index in [0.717, 1.165) is 0 Å². The summed E-state index contributed by atoms with van der Waals surface area (Å²) < 4.78 is 0. The van der Waals surface area contributed by atoms with Crippen LogP contribution in [0.15, 0.2) is 0 Å². The number of hydrogen-bond acceptors (Lipinski definition) is 3. The van der Waals surface area contributed by atoms with Crippen molar-refractivity contribution >= 4 is 11.8 Å². The summed E-state index contributed by atoms with van der Waals surface area (Å²) in [4.78, 5) is 22.1. The lowest BCUT2D eigenvalue weighted by atomic mass is 9.87. The first kappa shape index (κ1) is 13.1. The average molecular weight is 201 g/mol. The van der Waals surface area contributed by atoms with E-state index in [9.17, 15) is 9.59 Å². The molecule has 0 aromatic carbocycles. The van der Waals surface area contributed by atoms with Crippen LogP contribution in [0.25, 0.3) is 0 Å². The third-order valence-corrected chi connectivity index (χ3v) is 2.14. The molecule has 0 saturated carbocycles. The molecule has 0 aromatic heterocycles. The van der Waals surface area contributed by atoms with Crippen LogP contribution in [0.3, 0.4) is 0 Å². The normalized spacial score (nSPS) is 13.7. The van der Waals surface area contributed by atoms with E-state index in [4.69, 9.17) is 5.11 Å². The molecule has 0 aromatic rings. The molecule has 0 amide bonds. The van der Waals surface area contributed by atoms with Crippen molar-refractivity contribution in [2.45, 2.75) is 39.7 Å². The average Bonchev–Trinajstić information content (AvgIpc) is 2.02. The SMILES string of the molecule is CNC(CCC(=O)C(C)(C)C)C(=O)O. The number of carboxylic acid groups (broad SMARTS) is 1. The van der Waals surface area contributed by atoms with E-state index < -0.39 is 12.0 Å². The van der Waals surface area contributed by atoms with Gasteiger partial charge in [-0.25, -0.2) is 0 Å².